The van der Waals surface area contributed by atoms with Gasteiger partial charge in [0.2, 0.25) is 0 Å². The third kappa shape index (κ3) is 3.93. The Kier molecular flexibility index (Phi) is 5.72. The number of fused-ring (bicyclic) bond motifs is 1. The van der Waals surface area contributed by atoms with Crippen LogP contribution in [0.15, 0.2) is 24.5 Å². The normalized spacial score (nSPS) is 14.0. The third-order valence-electron chi connectivity index (χ3n) is 5.68. The first kappa shape index (κ1) is 23.2. The number of benzene rings is 1. The van der Waals surface area contributed by atoms with E-state index < -0.39 is 18.2 Å². The molecule has 12 heteroatoms. The number of carbonyl (C=O) groups is 1. The molecule has 0 radical (unpaired) electrons. The molecule has 0 unspecified atom stereocenters. The first-order valence-electron chi connectivity index (χ1n) is 10.2. The molecule has 0 spiro atoms. The number of imidazole rings is 1. The molecule has 3 heterocycles. The van der Waals surface area contributed by atoms with Crippen molar-refractivity contribution in [1.82, 2.24) is 24.2 Å². The van der Waals surface area contributed by atoms with Crippen LogP contribution in [0, 0.1) is 18.3 Å². The number of amides is 1. The van der Waals surface area contributed by atoms with E-state index in [1.807, 2.05) is 24.6 Å². The van der Waals surface area contributed by atoms with Crippen molar-refractivity contribution in [3.8, 4) is 23.4 Å². The lowest BCUT2D eigenvalue weighted by molar-refractivity contribution is -0.189. The van der Waals surface area contributed by atoms with Crippen LogP contribution in [0.5, 0.6) is 11.5 Å². The lowest BCUT2D eigenvalue weighted by Gasteiger charge is -2.23. The van der Waals surface area contributed by atoms with E-state index in [0.29, 0.717) is 5.82 Å². The number of alkyl halides is 3. The largest absolute Gasteiger partial charge is 0.494 e. The van der Waals surface area contributed by atoms with Crippen LogP contribution in [0.3, 0.4) is 0 Å². The molecule has 0 saturated heterocycles. The zero-order chi connectivity index (χ0) is 24.8. The summed E-state index contributed by atoms with van der Waals surface area (Å²) in [6.07, 6.45) is -3.39. The molecular formula is C22H21F3N6O3. The van der Waals surface area contributed by atoms with Gasteiger partial charge in [-0.05, 0) is 26.0 Å². The maximum atomic E-state index is 13.5. The molecule has 0 saturated carbocycles. The molecule has 0 bridgehead atoms. The minimum Gasteiger partial charge on any atom is -0.494 e. The number of carbonyl (C=O) groups excluding carboxylic acids is 1. The minimum atomic E-state index is -4.64. The molecule has 0 fully saturated rings. The highest BCUT2D eigenvalue weighted by atomic mass is 19.4. The smallest absolute Gasteiger partial charge is 0.425 e. The van der Waals surface area contributed by atoms with Crippen LogP contribution in [0.4, 0.5) is 13.2 Å². The average Bonchev–Trinajstić information content (AvgIpc) is 3.46. The van der Waals surface area contributed by atoms with Crippen molar-refractivity contribution in [3.05, 3.63) is 52.7 Å². The second-order valence-electron chi connectivity index (χ2n) is 7.88. The van der Waals surface area contributed by atoms with E-state index in [1.165, 1.54) is 24.1 Å². The minimum absolute atomic E-state index is 0.00436. The molecule has 2 aromatic heterocycles. The highest BCUT2D eigenvalue weighted by Gasteiger charge is 2.40. The Morgan fingerprint density at radius 2 is 2.03 bits per heavy atom. The number of rotatable bonds is 5. The molecule has 4 rings (SSSR count). The molecule has 34 heavy (non-hydrogen) atoms. The highest BCUT2D eigenvalue weighted by Crippen LogP contribution is 2.37. The summed E-state index contributed by atoms with van der Waals surface area (Å²) in [5.41, 5.74) is 1.27. The standard InChI is InChI=1S/C22H21F3N6O3/c1-12(22(23,24)25)34-17-6-5-14(7-26)20(33-4)19(17)21(32)30-9-15-8-27-31(16(15)10-30)18-11-29(3)13(2)28-18/h5-6,8,11-12H,9-10H2,1-4H3/t12-/m0/s1. The van der Waals surface area contributed by atoms with Gasteiger partial charge >= 0.3 is 6.18 Å². The Hall–Kier alpha value is -4.01. The molecule has 178 valence electrons. The molecule has 1 aliphatic heterocycles. The van der Waals surface area contributed by atoms with Crippen molar-refractivity contribution < 1.29 is 27.4 Å². The van der Waals surface area contributed by atoms with E-state index in [9.17, 15) is 23.2 Å². The SMILES string of the molecule is COc1c(C#N)ccc(O[C@@H](C)C(F)(F)F)c1C(=O)N1Cc2cnn(-c3cn(C)c(C)n3)c2C1. The van der Waals surface area contributed by atoms with Gasteiger partial charge in [0.05, 0.1) is 31.1 Å². The van der Waals surface area contributed by atoms with Crippen LogP contribution in [-0.4, -0.2) is 49.5 Å². The van der Waals surface area contributed by atoms with Gasteiger partial charge in [0.15, 0.2) is 17.7 Å². The number of nitriles is 1. The van der Waals surface area contributed by atoms with Gasteiger partial charge in [-0.3, -0.25) is 4.79 Å². The van der Waals surface area contributed by atoms with E-state index in [0.717, 1.165) is 24.0 Å². The Morgan fingerprint density at radius 1 is 1.29 bits per heavy atom. The molecule has 0 N–H and O–H groups in total. The molecule has 1 amide bonds. The van der Waals surface area contributed by atoms with Crippen LogP contribution >= 0.6 is 0 Å². The van der Waals surface area contributed by atoms with Crippen LogP contribution in [-0.2, 0) is 20.1 Å². The third-order valence-corrected chi connectivity index (χ3v) is 5.68. The fraction of sp³-hybridized carbons (Fsp3) is 0.364. The lowest BCUT2D eigenvalue weighted by atomic mass is 10.1. The number of hydrogen-bond donors (Lipinski definition) is 0. The Morgan fingerprint density at radius 3 is 2.62 bits per heavy atom. The van der Waals surface area contributed by atoms with Crippen molar-refractivity contribution in [2.24, 2.45) is 7.05 Å². The fourth-order valence-electron chi connectivity index (χ4n) is 3.71. The van der Waals surface area contributed by atoms with Crippen LogP contribution in [0.2, 0.25) is 0 Å². The summed E-state index contributed by atoms with van der Waals surface area (Å²) in [4.78, 5) is 19.4. The van der Waals surface area contributed by atoms with Crippen LogP contribution in [0.25, 0.3) is 5.82 Å². The van der Waals surface area contributed by atoms with Crippen molar-refractivity contribution >= 4 is 5.91 Å². The number of methoxy groups -OCH3 is 1. The Labute approximate surface area is 192 Å². The lowest BCUT2D eigenvalue weighted by Crippen LogP contribution is -2.33. The fourth-order valence-corrected chi connectivity index (χ4v) is 3.71. The summed E-state index contributed by atoms with van der Waals surface area (Å²) in [6.45, 7) is 3.00. The maximum absolute atomic E-state index is 13.5. The zero-order valence-corrected chi connectivity index (χ0v) is 18.8. The average molecular weight is 474 g/mol. The van der Waals surface area contributed by atoms with Gasteiger partial charge < -0.3 is 18.9 Å². The van der Waals surface area contributed by atoms with Crippen molar-refractivity contribution in [1.29, 1.82) is 5.26 Å². The summed E-state index contributed by atoms with van der Waals surface area (Å²) in [6, 6.07) is 4.33. The number of aryl methyl sites for hydroxylation is 2. The van der Waals surface area contributed by atoms with Crippen molar-refractivity contribution in [2.45, 2.75) is 39.2 Å². The summed E-state index contributed by atoms with van der Waals surface area (Å²) in [5, 5.41) is 13.8. The summed E-state index contributed by atoms with van der Waals surface area (Å²) >= 11 is 0. The van der Waals surface area contributed by atoms with Crippen molar-refractivity contribution in [3.63, 3.8) is 0 Å². The first-order chi connectivity index (χ1) is 16.0. The Balaban J connectivity index is 1.70. The van der Waals surface area contributed by atoms with Crippen LogP contribution in [0.1, 0.15) is 39.9 Å². The second-order valence-corrected chi connectivity index (χ2v) is 7.88. The van der Waals surface area contributed by atoms with Crippen LogP contribution < -0.4 is 9.47 Å². The maximum Gasteiger partial charge on any atom is 0.425 e. The van der Waals surface area contributed by atoms with Gasteiger partial charge in [-0.1, -0.05) is 0 Å². The molecule has 3 aromatic rings. The first-order valence-corrected chi connectivity index (χ1v) is 10.2. The van der Waals surface area contributed by atoms with Gasteiger partial charge in [-0.2, -0.15) is 23.5 Å². The van der Waals surface area contributed by atoms with Crippen molar-refractivity contribution in [2.75, 3.05) is 7.11 Å². The monoisotopic (exact) mass is 474 g/mol. The second kappa shape index (κ2) is 8.40. The summed E-state index contributed by atoms with van der Waals surface area (Å²) < 4.78 is 53.3. The van der Waals surface area contributed by atoms with E-state index in [4.69, 9.17) is 9.47 Å². The molecule has 0 aliphatic carbocycles. The molecule has 1 aromatic carbocycles. The van der Waals surface area contributed by atoms with E-state index in [-0.39, 0.29) is 35.7 Å². The van der Waals surface area contributed by atoms with Gasteiger partial charge in [0.1, 0.15) is 23.2 Å². The quantitative estimate of drug-likeness (QED) is 0.563. The summed E-state index contributed by atoms with van der Waals surface area (Å²) in [5.74, 6) is 0.283. The number of nitrogens with zero attached hydrogens (tertiary/aromatic N) is 6. The van der Waals surface area contributed by atoms with E-state index in [1.54, 1.807) is 17.1 Å². The summed E-state index contributed by atoms with van der Waals surface area (Å²) in [7, 11) is 3.09. The zero-order valence-electron chi connectivity index (χ0n) is 18.8. The predicted molar refractivity (Wildman–Crippen MR) is 112 cm³/mol. The van der Waals surface area contributed by atoms with E-state index >= 15 is 0 Å². The Bertz CT molecular complexity index is 1280. The highest BCUT2D eigenvalue weighted by molar-refractivity contribution is 6.00. The van der Waals surface area contributed by atoms with Gasteiger partial charge in [0, 0.05) is 25.4 Å². The molecule has 1 aliphatic rings. The van der Waals surface area contributed by atoms with Gasteiger partial charge in [-0.25, -0.2) is 9.67 Å². The molecular weight excluding hydrogens is 453 g/mol. The predicted octanol–water partition coefficient (Wildman–Crippen LogP) is 3.28. The number of ether oxygens (including phenoxy) is 2. The molecule has 1 atom stereocenters. The van der Waals surface area contributed by atoms with Gasteiger partial charge in [-0.15, -0.1) is 0 Å². The number of halogens is 3. The number of aromatic nitrogens is 4. The molecule has 9 nitrogen and oxygen atoms in total. The number of hydrogen-bond acceptors (Lipinski definition) is 6. The van der Waals surface area contributed by atoms with Gasteiger partial charge in [0.25, 0.3) is 5.91 Å². The van der Waals surface area contributed by atoms with E-state index in [2.05, 4.69) is 10.1 Å². The topological polar surface area (TPSA) is 98.2 Å².